The SMILES string of the molecule is CCNC(=NCC(C)C)N1CCN(Cc2ccc3c(c2)OCO3)CC1. The molecule has 0 aliphatic carbocycles. The van der Waals surface area contributed by atoms with Crippen LogP contribution in [-0.2, 0) is 6.54 Å². The number of hydrogen-bond acceptors (Lipinski definition) is 4. The Morgan fingerprint density at radius 3 is 2.64 bits per heavy atom. The van der Waals surface area contributed by atoms with E-state index in [0.29, 0.717) is 12.7 Å². The average Bonchev–Trinajstić information content (AvgIpc) is 3.07. The summed E-state index contributed by atoms with van der Waals surface area (Å²) in [4.78, 5) is 9.63. The molecule has 6 nitrogen and oxygen atoms in total. The number of hydrogen-bond donors (Lipinski definition) is 1. The zero-order valence-electron chi connectivity index (χ0n) is 15.6. The van der Waals surface area contributed by atoms with Gasteiger partial charge in [-0.2, -0.15) is 0 Å². The van der Waals surface area contributed by atoms with Crippen LogP contribution in [0, 0.1) is 5.92 Å². The van der Waals surface area contributed by atoms with Gasteiger partial charge in [-0.1, -0.05) is 19.9 Å². The molecule has 1 aromatic rings. The van der Waals surface area contributed by atoms with Gasteiger partial charge in [-0.15, -0.1) is 0 Å². The molecule has 0 unspecified atom stereocenters. The normalized spacial score (nSPS) is 18.1. The number of ether oxygens (including phenoxy) is 2. The molecule has 25 heavy (non-hydrogen) atoms. The van der Waals surface area contributed by atoms with Crippen LogP contribution in [0.2, 0.25) is 0 Å². The molecule has 1 N–H and O–H groups in total. The van der Waals surface area contributed by atoms with E-state index in [1.807, 2.05) is 6.07 Å². The summed E-state index contributed by atoms with van der Waals surface area (Å²) in [6, 6.07) is 6.24. The van der Waals surface area contributed by atoms with Crippen molar-refractivity contribution in [1.29, 1.82) is 0 Å². The number of piperazine rings is 1. The van der Waals surface area contributed by atoms with Crippen molar-refractivity contribution in [3.63, 3.8) is 0 Å². The molecule has 1 saturated heterocycles. The fraction of sp³-hybridized carbons (Fsp3) is 0.632. The van der Waals surface area contributed by atoms with Gasteiger partial charge in [0.25, 0.3) is 0 Å². The minimum Gasteiger partial charge on any atom is -0.454 e. The minimum atomic E-state index is 0.334. The first-order valence-electron chi connectivity index (χ1n) is 9.30. The molecule has 1 aromatic carbocycles. The van der Waals surface area contributed by atoms with Gasteiger partial charge in [0, 0.05) is 45.8 Å². The van der Waals surface area contributed by atoms with Crippen LogP contribution in [0.3, 0.4) is 0 Å². The van der Waals surface area contributed by atoms with E-state index in [0.717, 1.165) is 63.3 Å². The largest absolute Gasteiger partial charge is 0.454 e. The summed E-state index contributed by atoms with van der Waals surface area (Å²) < 4.78 is 10.9. The van der Waals surface area contributed by atoms with Gasteiger partial charge in [0.15, 0.2) is 17.5 Å². The van der Waals surface area contributed by atoms with Crippen molar-refractivity contribution >= 4 is 5.96 Å². The van der Waals surface area contributed by atoms with E-state index >= 15 is 0 Å². The highest BCUT2D eigenvalue weighted by atomic mass is 16.7. The molecule has 0 bridgehead atoms. The molecular weight excluding hydrogens is 316 g/mol. The lowest BCUT2D eigenvalue weighted by atomic mass is 10.1. The van der Waals surface area contributed by atoms with Crippen LogP contribution < -0.4 is 14.8 Å². The number of benzene rings is 1. The fourth-order valence-electron chi connectivity index (χ4n) is 3.11. The molecule has 0 atom stereocenters. The van der Waals surface area contributed by atoms with Crippen molar-refractivity contribution in [3.05, 3.63) is 23.8 Å². The maximum atomic E-state index is 5.48. The van der Waals surface area contributed by atoms with Gasteiger partial charge in [-0.25, -0.2) is 0 Å². The molecule has 2 aliphatic heterocycles. The maximum Gasteiger partial charge on any atom is 0.231 e. The summed E-state index contributed by atoms with van der Waals surface area (Å²) in [5.41, 5.74) is 1.28. The lowest BCUT2D eigenvalue weighted by molar-refractivity contribution is 0.171. The first-order chi connectivity index (χ1) is 12.2. The lowest BCUT2D eigenvalue weighted by Crippen LogP contribution is -2.52. The summed E-state index contributed by atoms with van der Waals surface area (Å²) in [7, 11) is 0. The smallest absolute Gasteiger partial charge is 0.231 e. The van der Waals surface area contributed by atoms with Gasteiger partial charge in [0.1, 0.15) is 0 Å². The summed E-state index contributed by atoms with van der Waals surface area (Å²) in [5.74, 6) is 3.36. The third-order valence-electron chi connectivity index (χ3n) is 4.46. The van der Waals surface area contributed by atoms with E-state index in [1.165, 1.54) is 5.56 Å². The van der Waals surface area contributed by atoms with Crippen LogP contribution >= 0.6 is 0 Å². The average molecular weight is 346 g/mol. The van der Waals surface area contributed by atoms with Crippen molar-refractivity contribution in [3.8, 4) is 11.5 Å². The Bertz CT molecular complexity index is 595. The van der Waals surface area contributed by atoms with Crippen molar-refractivity contribution in [2.75, 3.05) is 46.1 Å². The van der Waals surface area contributed by atoms with E-state index in [2.05, 4.69) is 48.0 Å². The van der Waals surface area contributed by atoms with Crippen molar-refractivity contribution < 1.29 is 9.47 Å². The zero-order chi connectivity index (χ0) is 17.6. The number of fused-ring (bicyclic) bond motifs is 1. The molecule has 138 valence electrons. The molecule has 6 heteroatoms. The van der Waals surface area contributed by atoms with Crippen LogP contribution in [0.15, 0.2) is 23.2 Å². The first kappa shape index (κ1) is 17.9. The summed E-state index contributed by atoms with van der Waals surface area (Å²) in [5, 5.41) is 3.43. The van der Waals surface area contributed by atoms with Gasteiger partial charge >= 0.3 is 0 Å². The number of guanidine groups is 1. The second kappa shape index (κ2) is 8.43. The van der Waals surface area contributed by atoms with Crippen molar-refractivity contribution in [1.82, 2.24) is 15.1 Å². The molecule has 3 rings (SSSR count). The Hall–Kier alpha value is -1.95. The number of aliphatic imine (C=N–C) groups is 1. The highest BCUT2D eigenvalue weighted by Gasteiger charge is 2.20. The topological polar surface area (TPSA) is 49.3 Å². The first-order valence-corrected chi connectivity index (χ1v) is 9.30. The molecule has 0 amide bonds. The Morgan fingerprint density at radius 1 is 1.16 bits per heavy atom. The Morgan fingerprint density at radius 2 is 1.92 bits per heavy atom. The van der Waals surface area contributed by atoms with Crippen LogP contribution in [0.25, 0.3) is 0 Å². The monoisotopic (exact) mass is 346 g/mol. The second-order valence-electron chi connectivity index (χ2n) is 7.04. The van der Waals surface area contributed by atoms with Gasteiger partial charge in [-0.05, 0) is 30.5 Å². The van der Waals surface area contributed by atoms with E-state index < -0.39 is 0 Å². The number of rotatable bonds is 5. The second-order valence-corrected chi connectivity index (χ2v) is 7.04. The van der Waals surface area contributed by atoms with Crippen LogP contribution in [0.5, 0.6) is 11.5 Å². The fourth-order valence-corrected chi connectivity index (χ4v) is 3.11. The molecule has 0 spiro atoms. The number of nitrogens with one attached hydrogen (secondary N) is 1. The number of nitrogens with zero attached hydrogens (tertiary/aromatic N) is 3. The molecule has 0 saturated carbocycles. The van der Waals surface area contributed by atoms with Gasteiger partial charge in [-0.3, -0.25) is 9.89 Å². The quantitative estimate of drug-likeness (QED) is 0.654. The molecule has 1 fully saturated rings. The van der Waals surface area contributed by atoms with Gasteiger partial charge in [0.2, 0.25) is 6.79 Å². The third kappa shape index (κ3) is 4.78. The maximum absolute atomic E-state index is 5.48. The van der Waals surface area contributed by atoms with Crippen LogP contribution in [0.1, 0.15) is 26.3 Å². The molecule has 0 aromatic heterocycles. The molecule has 0 radical (unpaired) electrons. The van der Waals surface area contributed by atoms with E-state index in [9.17, 15) is 0 Å². The zero-order valence-corrected chi connectivity index (χ0v) is 15.6. The van der Waals surface area contributed by atoms with Crippen molar-refractivity contribution in [2.24, 2.45) is 10.9 Å². The molecule has 2 heterocycles. The minimum absolute atomic E-state index is 0.334. The summed E-state index contributed by atoms with van der Waals surface area (Å²) in [6.07, 6.45) is 0. The van der Waals surface area contributed by atoms with E-state index in [4.69, 9.17) is 14.5 Å². The highest BCUT2D eigenvalue weighted by molar-refractivity contribution is 5.80. The van der Waals surface area contributed by atoms with Crippen LogP contribution in [-0.4, -0.2) is 61.8 Å². The van der Waals surface area contributed by atoms with E-state index in [1.54, 1.807) is 0 Å². The van der Waals surface area contributed by atoms with Crippen molar-refractivity contribution in [2.45, 2.75) is 27.3 Å². The Labute approximate surface area is 150 Å². The van der Waals surface area contributed by atoms with Gasteiger partial charge < -0.3 is 19.7 Å². The molecule has 2 aliphatic rings. The predicted octanol–water partition coefficient (Wildman–Crippen LogP) is 2.15. The standard InChI is InChI=1S/C19H30N4O2/c1-4-20-19(21-12-15(2)3)23-9-7-22(8-10-23)13-16-5-6-17-18(11-16)25-14-24-17/h5-6,11,15H,4,7-10,12-14H2,1-3H3,(H,20,21). The van der Waals surface area contributed by atoms with E-state index in [-0.39, 0.29) is 0 Å². The van der Waals surface area contributed by atoms with Crippen LogP contribution in [0.4, 0.5) is 0 Å². The Kier molecular flexibility index (Phi) is 6.02. The van der Waals surface area contributed by atoms with Gasteiger partial charge in [0.05, 0.1) is 0 Å². The lowest BCUT2D eigenvalue weighted by Gasteiger charge is -2.36. The third-order valence-corrected chi connectivity index (χ3v) is 4.46. The summed E-state index contributed by atoms with van der Waals surface area (Å²) in [6.45, 7) is 13.7. The highest BCUT2D eigenvalue weighted by Crippen LogP contribution is 2.32. The molecular formula is C19H30N4O2. The predicted molar refractivity (Wildman–Crippen MR) is 100 cm³/mol. The summed E-state index contributed by atoms with van der Waals surface area (Å²) >= 11 is 0. The Balaban J connectivity index is 1.53.